The molecule has 1 aliphatic rings. The van der Waals surface area contributed by atoms with Crippen LogP contribution in [0.15, 0.2) is 6.20 Å². The molecule has 0 bridgehead atoms. The molecule has 0 radical (unpaired) electrons. The van der Waals surface area contributed by atoms with Crippen molar-refractivity contribution in [3.63, 3.8) is 0 Å². The Kier molecular flexibility index (Phi) is 4.60. The summed E-state index contributed by atoms with van der Waals surface area (Å²) in [7, 11) is 3.55. The van der Waals surface area contributed by atoms with Gasteiger partial charge in [-0.3, -0.25) is 4.68 Å². The number of methoxy groups -OCH3 is 1. The van der Waals surface area contributed by atoms with Gasteiger partial charge >= 0.3 is 0 Å². The molecule has 0 spiro atoms. The van der Waals surface area contributed by atoms with Crippen LogP contribution >= 0.6 is 0 Å². The Labute approximate surface area is 108 Å². The van der Waals surface area contributed by atoms with Crippen LogP contribution in [0.2, 0.25) is 0 Å². The summed E-state index contributed by atoms with van der Waals surface area (Å²) in [6.07, 6.45) is 7.63. The Morgan fingerprint density at radius 2 is 2.44 bits per heavy atom. The first-order valence-electron chi connectivity index (χ1n) is 6.65. The minimum Gasteiger partial charge on any atom is -0.493 e. The summed E-state index contributed by atoms with van der Waals surface area (Å²) >= 11 is 0. The highest BCUT2D eigenvalue weighted by molar-refractivity contribution is 5.27. The zero-order valence-corrected chi connectivity index (χ0v) is 11.3. The van der Waals surface area contributed by atoms with Crippen LogP contribution in [-0.4, -0.2) is 29.6 Å². The highest BCUT2D eigenvalue weighted by Gasteiger charge is 2.20. The first-order chi connectivity index (χ1) is 8.72. The molecule has 1 aliphatic heterocycles. The van der Waals surface area contributed by atoms with Crippen molar-refractivity contribution in [2.45, 2.75) is 44.2 Å². The number of hydrogen-bond acceptors (Lipinski definition) is 4. The molecule has 2 heterocycles. The van der Waals surface area contributed by atoms with E-state index in [-0.39, 0.29) is 6.04 Å². The maximum Gasteiger partial charge on any atom is 0.161 e. The molecule has 1 aromatic rings. The smallest absolute Gasteiger partial charge is 0.161 e. The molecule has 1 aromatic heterocycles. The predicted octanol–water partition coefficient (Wildman–Crippen LogP) is 1.78. The average Bonchev–Trinajstić information content (AvgIpc) is 2.78. The Bertz CT molecular complexity index is 372. The van der Waals surface area contributed by atoms with E-state index in [0.717, 1.165) is 37.3 Å². The second-order valence-corrected chi connectivity index (χ2v) is 4.89. The third-order valence-corrected chi connectivity index (χ3v) is 3.59. The fraction of sp³-hybridized carbons (Fsp3) is 0.769. The number of nitrogens with zero attached hydrogens (tertiary/aromatic N) is 2. The summed E-state index contributed by atoms with van der Waals surface area (Å²) in [6.45, 7) is 0.898. The standard InChI is InChI=1S/C13H23N3O2/c1-16-13(12(17-2)9-15-16)11(14)7-6-10-5-3-4-8-18-10/h9-11H,3-8,14H2,1-2H3. The lowest BCUT2D eigenvalue weighted by Crippen LogP contribution is -2.22. The fourth-order valence-electron chi connectivity index (χ4n) is 2.54. The van der Waals surface area contributed by atoms with Gasteiger partial charge in [0.05, 0.1) is 31.1 Å². The molecular weight excluding hydrogens is 230 g/mol. The monoisotopic (exact) mass is 253 g/mol. The molecule has 0 amide bonds. The van der Waals surface area contributed by atoms with Crippen molar-refractivity contribution in [1.29, 1.82) is 0 Å². The molecule has 1 fully saturated rings. The number of nitrogens with two attached hydrogens (primary N) is 1. The Hall–Kier alpha value is -1.07. The van der Waals surface area contributed by atoms with Crippen molar-refractivity contribution in [3.05, 3.63) is 11.9 Å². The maximum atomic E-state index is 6.24. The lowest BCUT2D eigenvalue weighted by atomic mass is 10.0. The molecule has 2 atom stereocenters. The highest BCUT2D eigenvalue weighted by Crippen LogP contribution is 2.27. The van der Waals surface area contributed by atoms with Crippen molar-refractivity contribution in [2.24, 2.45) is 12.8 Å². The summed E-state index contributed by atoms with van der Waals surface area (Å²) in [4.78, 5) is 0. The van der Waals surface area contributed by atoms with Gasteiger partial charge in [0, 0.05) is 13.7 Å². The maximum absolute atomic E-state index is 6.24. The summed E-state index contributed by atoms with van der Waals surface area (Å²) in [5.74, 6) is 0.773. The summed E-state index contributed by atoms with van der Waals surface area (Å²) in [5.41, 5.74) is 7.20. The van der Waals surface area contributed by atoms with Crippen LogP contribution in [0.1, 0.15) is 43.8 Å². The molecule has 18 heavy (non-hydrogen) atoms. The van der Waals surface area contributed by atoms with Gasteiger partial charge in [-0.2, -0.15) is 5.10 Å². The van der Waals surface area contributed by atoms with Crippen molar-refractivity contribution in [1.82, 2.24) is 9.78 Å². The van der Waals surface area contributed by atoms with E-state index >= 15 is 0 Å². The van der Waals surface area contributed by atoms with Crippen LogP contribution in [0.25, 0.3) is 0 Å². The number of hydrogen-bond donors (Lipinski definition) is 1. The minimum atomic E-state index is -0.0435. The van der Waals surface area contributed by atoms with E-state index < -0.39 is 0 Å². The van der Waals surface area contributed by atoms with Crippen LogP contribution in [0.4, 0.5) is 0 Å². The molecule has 102 valence electrons. The zero-order chi connectivity index (χ0) is 13.0. The van der Waals surface area contributed by atoms with Crippen LogP contribution < -0.4 is 10.5 Å². The van der Waals surface area contributed by atoms with E-state index in [1.165, 1.54) is 12.8 Å². The van der Waals surface area contributed by atoms with Gasteiger partial charge in [-0.1, -0.05) is 0 Å². The number of aromatic nitrogens is 2. The van der Waals surface area contributed by atoms with Crippen LogP contribution in [0.5, 0.6) is 5.75 Å². The second kappa shape index (κ2) is 6.20. The average molecular weight is 253 g/mol. The SMILES string of the molecule is COc1cnn(C)c1C(N)CCC1CCCCO1. The predicted molar refractivity (Wildman–Crippen MR) is 69.5 cm³/mol. The zero-order valence-electron chi connectivity index (χ0n) is 11.3. The molecule has 0 aliphatic carbocycles. The third kappa shape index (κ3) is 3.03. The Morgan fingerprint density at radius 1 is 1.61 bits per heavy atom. The Morgan fingerprint density at radius 3 is 3.11 bits per heavy atom. The summed E-state index contributed by atoms with van der Waals surface area (Å²) in [6, 6.07) is -0.0435. The summed E-state index contributed by atoms with van der Waals surface area (Å²) < 4.78 is 12.8. The van der Waals surface area contributed by atoms with Crippen molar-refractivity contribution in [3.8, 4) is 5.75 Å². The van der Waals surface area contributed by atoms with Crippen LogP contribution in [0, 0.1) is 0 Å². The lowest BCUT2D eigenvalue weighted by Gasteiger charge is -2.24. The van der Waals surface area contributed by atoms with Gasteiger partial charge in [0.2, 0.25) is 0 Å². The van der Waals surface area contributed by atoms with E-state index in [1.807, 2.05) is 7.05 Å². The molecule has 0 aromatic carbocycles. The van der Waals surface area contributed by atoms with Gasteiger partial charge in [0.1, 0.15) is 0 Å². The van der Waals surface area contributed by atoms with E-state index in [2.05, 4.69) is 5.10 Å². The molecule has 2 unspecified atom stereocenters. The minimum absolute atomic E-state index is 0.0435. The van der Waals surface area contributed by atoms with E-state index in [1.54, 1.807) is 18.0 Å². The Balaban J connectivity index is 1.90. The first kappa shape index (κ1) is 13.4. The second-order valence-electron chi connectivity index (χ2n) is 4.89. The van der Waals surface area contributed by atoms with E-state index in [9.17, 15) is 0 Å². The molecular formula is C13H23N3O2. The van der Waals surface area contributed by atoms with Gasteiger partial charge in [-0.05, 0) is 32.1 Å². The highest BCUT2D eigenvalue weighted by atomic mass is 16.5. The fourth-order valence-corrected chi connectivity index (χ4v) is 2.54. The summed E-state index contributed by atoms with van der Waals surface area (Å²) in [5, 5.41) is 4.18. The molecule has 1 saturated heterocycles. The molecule has 0 saturated carbocycles. The number of aryl methyl sites for hydroxylation is 1. The van der Waals surface area contributed by atoms with Crippen molar-refractivity contribution < 1.29 is 9.47 Å². The van der Waals surface area contributed by atoms with E-state index in [0.29, 0.717) is 6.10 Å². The molecule has 5 heteroatoms. The van der Waals surface area contributed by atoms with Gasteiger partial charge in [0.25, 0.3) is 0 Å². The van der Waals surface area contributed by atoms with Crippen LogP contribution in [-0.2, 0) is 11.8 Å². The third-order valence-electron chi connectivity index (χ3n) is 3.59. The van der Waals surface area contributed by atoms with Crippen molar-refractivity contribution >= 4 is 0 Å². The molecule has 2 rings (SSSR count). The van der Waals surface area contributed by atoms with Gasteiger partial charge in [-0.15, -0.1) is 0 Å². The number of rotatable bonds is 5. The first-order valence-corrected chi connectivity index (χ1v) is 6.65. The number of ether oxygens (including phenoxy) is 2. The van der Waals surface area contributed by atoms with Gasteiger partial charge < -0.3 is 15.2 Å². The largest absolute Gasteiger partial charge is 0.493 e. The van der Waals surface area contributed by atoms with Gasteiger partial charge in [0.15, 0.2) is 5.75 Å². The van der Waals surface area contributed by atoms with E-state index in [4.69, 9.17) is 15.2 Å². The molecule has 2 N–H and O–H groups in total. The molecule has 5 nitrogen and oxygen atoms in total. The van der Waals surface area contributed by atoms with Gasteiger partial charge in [-0.25, -0.2) is 0 Å². The van der Waals surface area contributed by atoms with Crippen molar-refractivity contribution in [2.75, 3.05) is 13.7 Å². The normalized spacial score (nSPS) is 21.8. The quantitative estimate of drug-likeness (QED) is 0.869. The van der Waals surface area contributed by atoms with Crippen LogP contribution in [0.3, 0.4) is 0 Å². The lowest BCUT2D eigenvalue weighted by molar-refractivity contribution is 0.00899. The topological polar surface area (TPSA) is 62.3 Å².